The Morgan fingerprint density at radius 1 is 1.16 bits per heavy atom. The fourth-order valence-corrected chi connectivity index (χ4v) is 3.13. The van der Waals surface area contributed by atoms with Crippen LogP contribution in [0.4, 0.5) is 19.7 Å². The molecule has 1 aromatic heterocycles. The number of benzene rings is 2. The normalized spacial score (nSPS) is 12.9. The van der Waals surface area contributed by atoms with E-state index in [1.165, 1.54) is 12.1 Å². The largest absolute Gasteiger partial charge is 0.448 e. The summed E-state index contributed by atoms with van der Waals surface area (Å²) < 4.78 is 24.0. The summed E-state index contributed by atoms with van der Waals surface area (Å²) in [7, 11) is 0. The molecule has 32 heavy (non-hydrogen) atoms. The first kappa shape index (κ1) is 21.1. The van der Waals surface area contributed by atoms with Crippen LogP contribution >= 0.6 is 0 Å². The van der Waals surface area contributed by atoms with E-state index in [0.717, 1.165) is 5.56 Å². The first-order chi connectivity index (χ1) is 15.6. The SMILES string of the molecule is O=C(NCc1cccnc1Oc1cccc(F)c1)Nc1ccc(CN2CCOC2=O)cc1. The van der Waals surface area contributed by atoms with Crippen LogP contribution < -0.4 is 15.4 Å². The molecule has 164 valence electrons. The predicted molar refractivity (Wildman–Crippen MR) is 115 cm³/mol. The number of nitrogens with zero attached hydrogens (tertiary/aromatic N) is 2. The molecule has 4 rings (SSSR count). The van der Waals surface area contributed by atoms with Gasteiger partial charge in [0.05, 0.1) is 6.54 Å². The second-order valence-corrected chi connectivity index (χ2v) is 7.07. The van der Waals surface area contributed by atoms with Crippen LogP contribution in [0.3, 0.4) is 0 Å². The average molecular weight is 436 g/mol. The molecule has 0 aliphatic carbocycles. The van der Waals surface area contributed by atoms with Gasteiger partial charge in [-0.25, -0.2) is 19.0 Å². The third-order valence-electron chi connectivity index (χ3n) is 4.73. The highest BCUT2D eigenvalue weighted by atomic mass is 19.1. The van der Waals surface area contributed by atoms with Gasteiger partial charge in [-0.2, -0.15) is 0 Å². The van der Waals surface area contributed by atoms with Crippen molar-refractivity contribution in [3.8, 4) is 11.6 Å². The molecule has 2 heterocycles. The van der Waals surface area contributed by atoms with Crippen molar-refractivity contribution in [3.63, 3.8) is 0 Å². The maximum absolute atomic E-state index is 13.4. The summed E-state index contributed by atoms with van der Waals surface area (Å²) in [6, 6.07) is 16.0. The van der Waals surface area contributed by atoms with E-state index in [9.17, 15) is 14.0 Å². The fraction of sp³-hybridized carbons (Fsp3) is 0.174. The van der Waals surface area contributed by atoms with Crippen LogP contribution in [0.5, 0.6) is 11.6 Å². The molecule has 1 aliphatic rings. The molecule has 2 N–H and O–H groups in total. The van der Waals surface area contributed by atoms with Crippen LogP contribution in [0.2, 0.25) is 0 Å². The molecule has 0 saturated carbocycles. The smallest absolute Gasteiger partial charge is 0.410 e. The quantitative estimate of drug-likeness (QED) is 0.577. The van der Waals surface area contributed by atoms with Gasteiger partial charge in [-0.1, -0.05) is 24.3 Å². The van der Waals surface area contributed by atoms with E-state index in [1.54, 1.807) is 47.5 Å². The van der Waals surface area contributed by atoms with Crippen molar-refractivity contribution >= 4 is 17.8 Å². The van der Waals surface area contributed by atoms with Crippen molar-refractivity contribution in [2.75, 3.05) is 18.5 Å². The minimum absolute atomic E-state index is 0.166. The first-order valence-electron chi connectivity index (χ1n) is 9.99. The minimum Gasteiger partial charge on any atom is -0.448 e. The van der Waals surface area contributed by atoms with Gasteiger partial charge in [-0.15, -0.1) is 0 Å². The van der Waals surface area contributed by atoms with Crippen LogP contribution in [-0.2, 0) is 17.8 Å². The number of cyclic esters (lactones) is 1. The van der Waals surface area contributed by atoms with Crippen molar-refractivity contribution in [3.05, 3.63) is 83.8 Å². The van der Waals surface area contributed by atoms with Gasteiger partial charge in [0.2, 0.25) is 5.88 Å². The van der Waals surface area contributed by atoms with Gasteiger partial charge in [0.25, 0.3) is 0 Å². The molecule has 3 aromatic rings. The zero-order valence-corrected chi connectivity index (χ0v) is 17.1. The number of hydrogen-bond donors (Lipinski definition) is 2. The highest BCUT2D eigenvalue weighted by Gasteiger charge is 2.21. The molecule has 1 fully saturated rings. The lowest BCUT2D eigenvalue weighted by Gasteiger charge is -2.13. The van der Waals surface area contributed by atoms with Crippen molar-refractivity contribution in [2.24, 2.45) is 0 Å². The van der Waals surface area contributed by atoms with Gasteiger partial charge < -0.3 is 25.0 Å². The summed E-state index contributed by atoms with van der Waals surface area (Å²) in [5.41, 5.74) is 2.18. The van der Waals surface area contributed by atoms with Gasteiger partial charge in [0.15, 0.2) is 0 Å². The number of urea groups is 1. The number of halogens is 1. The zero-order chi connectivity index (χ0) is 22.3. The van der Waals surface area contributed by atoms with Crippen molar-refractivity contribution in [1.29, 1.82) is 0 Å². The van der Waals surface area contributed by atoms with Crippen LogP contribution in [-0.4, -0.2) is 35.2 Å². The summed E-state index contributed by atoms with van der Waals surface area (Å²) in [4.78, 5) is 29.6. The second-order valence-electron chi connectivity index (χ2n) is 7.07. The summed E-state index contributed by atoms with van der Waals surface area (Å²) in [6.07, 6.45) is 1.24. The Bertz CT molecular complexity index is 1110. The molecule has 2 aromatic carbocycles. The molecule has 0 unspecified atom stereocenters. The number of ether oxygens (including phenoxy) is 2. The maximum atomic E-state index is 13.4. The fourth-order valence-electron chi connectivity index (χ4n) is 3.13. The van der Waals surface area contributed by atoms with Crippen molar-refractivity contribution in [1.82, 2.24) is 15.2 Å². The van der Waals surface area contributed by atoms with Crippen LogP contribution in [0, 0.1) is 5.82 Å². The van der Waals surface area contributed by atoms with Gasteiger partial charge in [-0.3, -0.25) is 0 Å². The number of anilines is 1. The number of pyridine rings is 1. The summed E-state index contributed by atoms with van der Waals surface area (Å²) in [5.74, 6) is 0.184. The number of carbonyl (C=O) groups excluding carboxylic acids is 2. The number of aromatic nitrogens is 1. The highest BCUT2D eigenvalue weighted by molar-refractivity contribution is 5.89. The average Bonchev–Trinajstić information content (AvgIpc) is 3.19. The summed E-state index contributed by atoms with van der Waals surface area (Å²) in [5, 5.41) is 5.50. The highest BCUT2D eigenvalue weighted by Crippen LogP contribution is 2.23. The van der Waals surface area contributed by atoms with Gasteiger partial charge >= 0.3 is 12.1 Å². The number of amides is 3. The molecule has 1 saturated heterocycles. The van der Waals surface area contributed by atoms with E-state index in [-0.39, 0.29) is 18.5 Å². The lowest BCUT2D eigenvalue weighted by molar-refractivity contribution is 0.157. The van der Waals surface area contributed by atoms with Crippen LogP contribution in [0.1, 0.15) is 11.1 Å². The Labute approximate surface area is 184 Å². The lowest BCUT2D eigenvalue weighted by atomic mass is 10.2. The molecule has 3 amide bonds. The Morgan fingerprint density at radius 3 is 2.75 bits per heavy atom. The summed E-state index contributed by atoms with van der Waals surface area (Å²) in [6.45, 7) is 1.60. The molecule has 0 radical (unpaired) electrons. The Morgan fingerprint density at radius 2 is 2.00 bits per heavy atom. The minimum atomic E-state index is -0.413. The topological polar surface area (TPSA) is 92.8 Å². The van der Waals surface area contributed by atoms with E-state index in [4.69, 9.17) is 9.47 Å². The van der Waals surface area contributed by atoms with E-state index < -0.39 is 11.8 Å². The number of hydrogen-bond acceptors (Lipinski definition) is 5. The molecule has 1 aliphatic heterocycles. The van der Waals surface area contributed by atoms with E-state index in [2.05, 4.69) is 15.6 Å². The van der Waals surface area contributed by atoms with Crippen molar-refractivity contribution < 1.29 is 23.5 Å². The van der Waals surface area contributed by atoms with E-state index >= 15 is 0 Å². The van der Waals surface area contributed by atoms with E-state index in [0.29, 0.717) is 36.7 Å². The Balaban J connectivity index is 1.31. The molecule has 0 atom stereocenters. The number of carbonyl (C=O) groups is 2. The predicted octanol–water partition coefficient (Wildman–Crippen LogP) is 4.29. The number of nitrogens with one attached hydrogen (secondary N) is 2. The van der Waals surface area contributed by atoms with Crippen LogP contribution in [0.15, 0.2) is 66.9 Å². The maximum Gasteiger partial charge on any atom is 0.410 e. The van der Waals surface area contributed by atoms with Gasteiger partial charge in [0.1, 0.15) is 18.2 Å². The standard InChI is InChI=1S/C23H21FN4O4/c24-18-4-1-5-20(13-18)32-21-17(3-2-10-25-21)14-26-22(29)27-19-8-6-16(7-9-19)15-28-11-12-31-23(28)30/h1-10,13H,11-12,14-15H2,(H2,26,27,29). The van der Waals surface area contributed by atoms with Crippen molar-refractivity contribution in [2.45, 2.75) is 13.1 Å². The van der Waals surface area contributed by atoms with E-state index in [1.807, 2.05) is 12.1 Å². The molecule has 0 bridgehead atoms. The second kappa shape index (κ2) is 9.78. The third kappa shape index (κ3) is 5.51. The molecule has 9 heteroatoms. The molecule has 0 spiro atoms. The Kier molecular flexibility index (Phi) is 6.45. The zero-order valence-electron chi connectivity index (χ0n) is 17.1. The molecule has 8 nitrogen and oxygen atoms in total. The lowest BCUT2D eigenvalue weighted by Crippen LogP contribution is -2.28. The van der Waals surface area contributed by atoms with Gasteiger partial charge in [-0.05, 0) is 35.9 Å². The number of rotatable bonds is 7. The first-order valence-corrected chi connectivity index (χ1v) is 9.99. The molecular formula is C23H21FN4O4. The summed E-state index contributed by atoms with van der Waals surface area (Å²) >= 11 is 0. The molecular weight excluding hydrogens is 415 g/mol. The Hall–Kier alpha value is -4.14. The third-order valence-corrected chi connectivity index (χ3v) is 4.73. The monoisotopic (exact) mass is 436 g/mol. The van der Waals surface area contributed by atoms with Crippen LogP contribution in [0.25, 0.3) is 0 Å². The van der Waals surface area contributed by atoms with Gasteiger partial charge in [0, 0.05) is 36.6 Å².